The molecule has 0 heterocycles. The number of nitrogens with two attached hydrogens (primary N) is 1. The molecule has 1 aliphatic rings. The Morgan fingerprint density at radius 1 is 0.815 bits per heavy atom. The second-order valence-electron chi connectivity index (χ2n) is 6.14. The normalized spacial score (nSPS) is 11.6. The van der Waals surface area contributed by atoms with Crippen molar-refractivity contribution < 1.29 is 9.47 Å². The van der Waals surface area contributed by atoms with Gasteiger partial charge in [-0.15, -0.1) is 17.5 Å². The third kappa shape index (κ3) is 3.46. The maximum Gasteiger partial charge on any atom is 0.148 e. The standard InChI is InChI=1S/C21H19N3O2.ClH/c1-25-20-12-19(21(26-2)11-18(20)22)24-23-15-7-8-17-14(10-15)9-13-5-3-4-6-16(13)17;/h3-8,10-12H,9,22H2,1-2H3;1H. The van der Waals surface area contributed by atoms with E-state index in [1.807, 2.05) is 6.07 Å². The van der Waals surface area contributed by atoms with E-state index in [0.717, 1.165) is 12.1 Å². The van der Waals surface area contributed by atoms with E-state index in [1.165, 1.54) is 22.3 Å². The van der Waals surface area contributed by atoms with Gasteiger partial charge in [0.1, 0.15) is 17.2 Å². The van der Waals surface area contributed by atoms with Gasteiger partial charge in [-0.3, -0.25) is 0 Å². The number of anilines is 1. The predicted octanol–water partition coefficient (Wildman–Crippen LogP) is 5.69. The number of methoxy groups -OCH3 is 2. The molecule has 3 aromatic rings. The zero-order valence-electron chi connectivity index (χ0n) is 15.1. The Hall–Kier alpha value is -3.05. The van der Waals surface area contributed by atoms with Gasteiger partial charge in [0, 0.05) is 12.1 Å². The molecule has 0 amide bonds. The number of halogens is 1. The van der Waals surface area contributed by atoms with E-state index >= 15 is 0 Å². The van der Waals surface area contributed by atoms with Crippen LogP contribution in [0.15, 0.2) is 64.8 Å². The third-order valence-corrected chi connectivity index (χ3v) is 4.58. The molecule has 4 rings (SSSR count). The minimum Gasteiger partial charge on any atom is -0.495 e. The zero-order valence-corrected chi connectivity index (χ0v) is 15.9. The lowest BCUT2D eigenvalue weighted by Crippen LogP contribution is -1.93. The van der Waals surface area contributed by atoms with Gasteiger partial charge < -0.3 is 15.2 Å². The van der Waals surface area contributed by atoms with Crippen LogP contribution in [0.25, 0.3) is 11.1 Å². The van der Waals surface area contributed by atoms with Gasteiger partial charge in [-0.25, -0.2) is 0 Å². The molecule has 0 radical (unpaired) electrons. The van der Waals surface area contributed by atoms with Crippen LogP contribution in [-0.4, -0.2) is 14.2 Å². The summed E-state index contributed by atoms with van der Waals surface area (Å²) in [6.45, 7) is 0. The number of rotatable bonds is 4. The highest BCUT2D eigenvalue weighted by molar-refractivity contribution is 5.85. The van der Waals surface area contributed by atoms with E-state index < -0.39 is 0 Å². The fourth-order valence-corrected chi connectivity index (χ4v) is 3.29. The van der Waals surface area contributed by atoms with Crippen LogP contribution < -0.4 is 15.2 Å². The largest absolute Gasteiger partial charge is 0.495 e. The number of azo groups is 1. The molecule has 0 aliphatic heterocycles. The maximum absolute atomic E-state index is 5.91. The third-order valence-electron chi connectivity index (χ3n) is 4.58. The molecule has 138 valence electrons. The number of hydrogen-bond acceptors (Lipinski definition) is 5. The van der Waals surface area contributed by atoms with E-state index in [0.29, 0.717) is 22.9 Å². The van der Waals surface area contributed by atoms with Crippen molar-refractivity contribution >= 4 is 29.5 Å². The van der Waals surface area contributed by atoms with Crippen LogP contribution in [-0.2, 0) is 6.42 Å². The molecule has 27 heavy (non-hydrogen) atoms. The number of nitrogens with zero attached hydrogens (tertiary/aromatic N) is 2. The molecule has 0 saturated carbocycles. The minimum atomic E-state index is 0. The van der Waals surface area contributed by atoms with E-state index in [9.17, 15) is 0 Å². The Kier molecular flexibility index (Phi) is 5.33. The monoisotopic (exact) mass is 381 g/mol. The van der Waals surface area contributed by atoms with Crippen molar-refractivity contribution in [2.75, 3.05) is 20.0 Å². The number of fused-ring (bicyclic) bond motifs is 3. The van der Waals surface area contributed by atoms with Gasteiger partial charge >= 0.3 is 0 Å². The summed E-state index contributed by atoms with van der Waals surface area (Å²) >= 11 is 0. The summed E-state index contributed by atoms with van der Waals surface area (Å²) in [7, 11) is 3.14. The number of hydrogen-bond donors (Lipinski definition) is 1. The van der Waals surface area contributed by atoms with Crippen molar-refractivity contribution in [3.63, 3.8) is 0 Å². The smallest absolute Gasteiger partial charge is 0.148 e. The summed E-state index contributed by atoms with van der Waals surface area (Å²) in [5.41, 5.74) is 13.0. The molecular weight excluding hydrogens is 362 g/mol. The van der Waals surface area contributed by atoms with Gasteiger partial charge in [-0.1, -0.05) is 30.3 Å². The first-order chi connectivity index (χ1) is 12.7. The van der Waals surface area contributed by atoms with Crippen molar-refractivity contribution in [1.29, 1.82) is 0 Å². The van der Waals surface area contributed by atoms with Crippen LogP contribution in [0.3, 0.4) is 0 Å². The van der Waals surface area contributed by atoms with Gasteiger partial charge in [-0.05, 0) is 40.8 Å². The summed E-state index contributed by atoms with van der Waals surface area (Å²) in [6, 6.07) is 18.1. The van der Waals surface area contributed by atoms with Crippen molar-refractivity contribution in [3.8, 4) is 22.6 Å². The summed E-state index contributed by atoms with van der Waals surface area (Å²) in [5, 5.41) is 8.72. The molecule has 0 unspecified atom stereocenters. The van der Waals surface area contributed by atoms with Crippen LogP contribution in [0, 0.1) is 0 Å². The van der Waals surface area contributed by atoms with E-state index in [1.54, 1.807) is 26.4 Å². The van der Waals surface area contributed by atoms with Crippen LogP contribution in [0.2, 0.25) is 0 Å². The van der Waals surface area contributed by atoms with Crippen molar-refractivity contribution in [2.45, 2.75) is 6.42 Å². The first-order valence-electron chi connectivity index (χ1n) is 8.34. The number of ether oxygens (including phenoxy) is 2. The zero-order chi connectivity index (χ0) is 18.1. The topological polar surface area (TPSA) is 69.2 Å². The first-order valence-corrected chi connectivity index (χ1v) is 8.34. The van der Waals surface area contributed by atoms with Gasteiger partial charge in [0.15, 0.2) is 0 Å². The lowest BCUT2D eigenvalue weighted by Gasteiger charge is -2.09. The summed E-state index contributed by atoms with van der Waals surface area (Å²) in [4.78, 5) is 0. The van der Waals surface area contributed by atoms with Crippen LogP contribution >= 0.6 is 12.4 Å². The van der Waals surface area contributed by atoms with Crippen molar-refractivity contribution in [2.24, 2.45) is 10.2 Å². The summed E-state index contributed by atoms with van der Waals surface area (Å²) in [5.74, 6) is 1.10. The molecule has 0 bridgehead atoms. The molecule has 3 aromatic carbocycles. The van der Waals surface area contributed by atoms with E-state index in [-0.39, 0.29) is 12.4 Å². The number of nitrogen functional groups attached to an aromatic ring is 1. The molecule has 5 nitrogen and oxygen atoms in total. The Balaban J connectivity index is 0.00000210. The van der Waals surface area contributed by atoms with Gasteiger partial charge in [0.05, 0.1) is 25.6 Å². The molecule has 0 aromatic heterocycles. The maximum atomic E-state index is 5.91. The fraction of sp³-hybridized carbons (Fsp3) is 0.143. The average Bonchev–Trinajstić information content (AvgIpc) is 3.04. The molecular formula is C21H20ClN3O2. The molecule has 6 heteroatoms. The molecule has 1 aliphatic carbocycles. The Morgan fingerprint density at radius 3 is 2.33 bits per heavy atom. The highest BCUT2D eigenvalue weighted by Crippen LogP contribution is 2.40. The summed E-state index contributed by atoms with van der Waals surface area (Å²) < 4.78 is 10.6. The van der Waals surface area contributed by atoms with Crippen LogP contribution in [0.4, 0.5) is 17.1 Å². The SMILES string of the molecule is COc1cc(N=Nc2ccc3c(c2)Cc2ccccc2-3)c(OC)cc1N.Cl. The molecule has 0 spiro atoms. The number of benzene rings is 3. The second kappa shape index (κ2) is 7.68. The summed E-state index contributed by atoms with van der Waals surface area (Å²) in [6.07, 6.45) is 0.924. The highest BCUT2D eigenvalue weighted by Gasteiger charge is 2.17. The fourth-order valence-electron chi connectivity index (χ4n) is 3.29. The highest BCUT2D eigenvalue weighted by atomic mass is 35.5. The van der Waals surface area contributed by atoms with Gasteiger partial charge in [0.25, 0.3) is 0 Å². The first kappa shape index (κ1) is 18.7. The predicted molar refractivity (Wildman–Crippen MR) is 110 cm³/mol. The average molecular weight is 382 g/mol. The minimum absolute atomic E-state index is 0. The van der Waals surface area contributed by atoms with E-state index in [4.69, 9.17) is 15.2 Å². The molecule has 0 atom stereocenters. The lowest BCUT2D eigenvalue weighted by atomic mass is 10.1. The molecule has 0 saturated heterocycles. The van der Waals surface area contributed by atoms with Gasteiger partial charge in [0.2, 0.25) is 0 Å². The quantitative estimate of drug-likeness (QED) is 0.364. The van der Waals surface area contributed by atoms with Gasteiger partial charge in [-0.2, -0.15) is 5.11 Å². The molecule has 2 N–H and O–H groups in total. The lowest BCUT2D eigenvalue weighted by molar-refractivity contribution is 0.406. The van der Waals surface area contributed by atoms with E-state index in [2.05, 4.69) is 46.6 Å². The Morgan fingerprint density at radius 2 is 1.56 bits per heavy atom. The van der Waals surface area contributed by atoms with Crippen molar-refractivity contribution in [3.05, 3.63) is 65.7 Å². The van der Waals surface area contributed by atoms with Crippen molar-refractivity contribution in [1.82, 2.24) is 0 Å². The van der Waals surface area contributed by atoms with Crippen LogP contribution in [0.5, 0.6) is 11.5 Å². The Bertz CT molecular complexity index is 1020. The van der Waals surface area contributed by atoms with Crippen LogP contribution in [0.1, 0.15) is 11.1 Å². The second-order valence-corrected chi connectivity index (χ2v) is 6.14. The Labute approximate surface area is 164 Å². The molecule has 0 fully saturated rings.